The monoisotopic (exact) mass is 320 g/mol. The van der Waals surface area contributed by atoms with Crippen molar-refractivity contribution in [3.8, 4) is 6.07 Å². The quantitative estimate of drug-likeness (QED) is 0.831. The second-order valence-corrected chi connectivity index (χ2v) is 4.51. The minimum absolute atomic E-state index is 0.335. The summed E-state index contributed by atoms with van der Waals surface area (Å²) in [5.41, 5.74) is -0.0183. The number of rotatable bonds is 4. The van der Waals surface area contributed by atoms with Crippen molar-refractivity contribution in [2.24, 2.45) is 0 Å². The van der Waals surface area contributed by atoms with E-state index >= 15 is 0 Å². The van der Waals surface area contributed by atoms with Crippen LogP contribution in [0.15, 0.2) is 22.7 Å². The van der Waals surface area contributed by atoms with E-state index in [2.05, 4.69) is 15.9 Å². The third kappa shape index (κ3) is 3.64. The number of benzene rings is 1. The summed E-state index contributed by atoms with van der Waals surface area (Å²) in [5, 5.41) is 8.54. The largest absolute Gasteiger partial charge is 0.416 e. The maximum Gasteiger partial charge on any atom is 0.416 e. The van der Waals surface area contributed by atoms with Crippen LogP contribution in [-0.2, 0) is 6.18 Å². The molecule has 0 aliphatic heterocycles. The van der Waals surface area contributed by atoms with E-state index in [1.807, 2.05) is 17.9 Å². The Balaban J connectivity index is 3.01. The summed E-state index contributed by atoms with van der Waals surface area (Å²) in [6.45, 7) is 3.02. The molecule has 1 aromatic rings. The zero-order valence-corrected chi connectivity index (χ0v) is 11.3. The second-order valence-electron chi connectivity index (χ2n) is 3.65. The molecule has 6 heteroatoms. The van der Waals surface area contributed by atoms with E-state index in [0.717, 1.165) is 12.1 Å². The van der Waals surface area contributed by atoms with Gasteiger partial charge in [0.2, 0.25) is 0 Å². The summed E-state index contributed by atoms with van der Waals surface area (Å²) in [6.07, 6.45) is -4.01. The van der Waals surface area contributed by atoms with Crippen LogP contribution in [0.2, 0.25) is 0 Å². The third-order valence-corrected chi connectivity index (χ3v) is 3.13. The van der Waals surface area contributed by atoms with E-state index in [4.69, 9.17) is 5.26 Å². The van der Waals surface area contributed by atoms with Gasteiger partial charge in [0.1, 0.15) is 0 Å². The molecule has 0 amide bonds. The minimum atomic E-state index is -4.34. The molecule has 0 saturated heterocycles. The number of anilines is 1. The Labute approximate surface area is 112 Å². The molecule has 0 N–H and O–H groups in total. The SMILES string of the molecule is CCN(CCC#N)c1ccc(C(F)(F)F)cc1Br. The van der Waals surface area contributed by atoms with Crippen LogP contribution in [0.4, 0.5) is 18.9 Å². The molecular formula is C12H12BrF3N2. The van der Waals surface area contributed by atoms with Crippen molar-refractivity contribution in [3.05, 3.63) is 28.2 Å². The van der Waals surface area contributed by atoms with Gasteiger partial charge >= 0.3 is 6.18 Å². The van der Waals surface area contributed by atoms with Gasteiger partial charge in [0.05, 0.1) is 23.7 Å². The molecule has 0 atom stereocenters. The van der Waals surface area contributed by atoms with E-state index in [9.17, 15) is 13.2 Å². The Morgan fingerprint density at radius 1 is 1.39 bits per heavy atom. The number of nitriles is 1. The molecule has 1 aromatic carbocycles. The first-order valence-corrected chi connectivity index (χ1v) is 6.18. The van der Waals surface area contributed by atoms with Gasteiger partial charge < -0.3 is 4.90 Å². The Morgan fingerprint density at radius 2 is 2.06 bits per heavy atom. The third-order valence-electron chi connectivity index (χ3n) is 2.49. The summed E-state index contributed by atoms with van der Waals surface area (Å²) in [5.74, 6) is 0. The van der Waals surface area contributed by atoms with Gasteiger partial charge in [0.25, 0.3) is 0 Å². The predicted octanol–water partition coefficient (Wildman–Crippen LogP) is 4.21. The van der Waals surface area contributed by atoms with Crippen molar-refractivity contribution in [2.75, 3.05) is 18.0 Å². The van der Waals surface area contributed by atoms with Gasteiger partial charge in [-0.1, -0.05) is 0 Å². The van der Waals surface area contributed by atoms with Gasteiger partial charge in [-0.15, -0.1) is 0 Å². The first-order valence-electron chi connectivity index (χ1n) is 5.38. The van der Waals surface area contributed by atoms with E-state index in [-0.39, 0.29) is 0 Å². The Bertz CT molecular complexity index is 452. The number of hydrogen-bond acceptors (Lipinski definition) is 2. The first-order chi connectivity index (χ1) is 8.40. The van der Waals surface area contributed by atoms with E-state index < -0.39 is 11.7 Å². The fourth-order valence-electron chi connectivity index (χ4n) is 1.57. The van der Waals surface area contributed by atoms with Gasteiger partial charge in [0, 0.05) is 17.6 Å². The van der Waals surface area contributed by atoms with Crippen molar-refractivity contribution in [1.82, 2.24) is 0 Å². The van der Waals surface area contributed by atoms with Crippen LogP contribution >= 0.6 is 15.9 Å². The average molecular weight is 321 g/mol. The van der Waals surface area contributed by atoms with Gasteiger partial charge in [0.15, 0.2) is 0 Å². The molecule has 0 spiro atoms. The topological polar surface area (TPSA) is 27.0 Å². The van der Waals surface area contributed by atoms with Crippen molar-refractivity contribution in [2.45, 2.75) is 19.5 Å². The van der Waals surface area contributed by atoms with Crippen LogP contribution in [0.1, 0.15) is 18.9 Å². The van der Waals surface area contributed by atoms with Crippen LogP contribution in [0.5, 0.6) is 0 Å². The molecule has 2 nitrogen and oxygen atoms in total. The van der Waals surface area contributed by atoms with Gasteiger partial charge in [-0.3, -0.25) is 0 Å². The van der Waals surface area contributed by atoms with Crippen LogP contribution in [0.25, 0.3) is 0 Å². The smallest absolute Gasteiger partial charge is 0.370 e. The van der Waals surface area contributed by atoms with Crippen molar-refractivity contribution in [3.63, 3.8) is 0 Å². The molecule has 0 bridgehead atoms. The van der Waals surface area contributed by atoms with Crippen molar-refractivity contribution in [1.29, 1.82) is 5.26 Å². The summed E-state index contributed by atoms with van der Waals surface area (Å²) in [6, 6.07) is 5.56. The molecule has 98 valence electrons. The molecule has 0 fully saturated rings. The lowest BCUT2D eigenvalue weighted by molar-refractivity contribution is -0.137. The highest BCUT2D eigenvalue weighted by Gasteiger charge is 2.31. The van der Waals surface area contributed by atoms with Crippen molar-refractivity contribution < 1.29 is 13.2 Å². The lowest BCUT2D eigenvalue weighted by Gasteiger charge is -2.23. The highest BCUT2D eigenvalue weighted by Crippen LogP contribution is 2.35. The minimum Gasteiger partial charge on any atom is -0.370 e. The first kappa shape index (κ1) is 14.8. The summed E-state index contributed by atoms with van der Waals surface area (Å²) < 4.78 is 37.9. The summed E-state index contributed by atoms with van der Waals surface area (Å²) in [4.78, 5) is 1.85. The number of hydrogen-bond donors (Lipinski definition) is 0. The number of nitrogens with zero attached hydrogens (tertiary/aromatic N) is 2. The maximum atomic E-state index is 12.5. The van der Waals surface area contributed by atoms with Crippen molar-refractivity contribution >= 4 is 21.6 Å². The molecule has 1 rings (SSSR count). The zero-order valence-electron chi connectivity index (χ0n) is 9.76. The maximum absolute atomic E-state index is 12.5. The van der Waals surface area contributed by atoms with Gasteiger partial charge in [-0.2, -0.15) is 18.4 Å². The summed E-state index contributed by atoms with van der Waals surface area (Å²) in [7, 11) is 0. The molecule has 0 aliphatic carbocycles. The van der Waals surface area contributed by atoms with Crippen LogP contribution in [0.3, 0.4) is 0 Å². The normalized spacial score (nSPS) is 11.1. The molecular weight excluding hydrogens is 309 g/mol. The Hall–Kier alpha value is -1.22. The average Bonchev–Trinajstić information content (AvgIpc) is 2.30. The molecule has 0 saturated carbocycles. The van der Waals surface area contributed by atoms with Crippen LogP contribution in [0, 0.1) is 11.3 Å². The highest BCUT2D eigenvalue weighted by molar-refractivity contribution is 9.10. The second kappa shape index (κ2) is 6.10. The van der Waals surface area contributed by atoms with Gasteiger partial charge in [-0.05, 0) is 41.1 Å². The lowest BCUT2D eigenvalue weighted by atomic mass is 10.2. The molecule has 0 heterocycles. The lowest BCUT2D eigenvalue weighted by Crippen LogP contribution is -2.24. The van der Waals surface area contributed by atoms with E-state index in [1.165, 1.54) is 6.07 Å². The number of alkyl halides is 3. The molecule has 0 aliphatic rings. The van der Waals surface area contributed by atoms with Gasteiger partial charge in [-0.25, -0.2) is 0 Å². The fraction of sp³-hybridized carbons (Fsp3) is 0.417. The van der Waals surface area contributed by atoms with E-state index in [0.29, 0.717) is 29.7 Å². The molecule has 18 heavy (non-hydrogen) atoms. The van der Waals surface area contributed by atoms with Crippen LogP contribution < -0.4 is 4.90 Å². The highest BCUT2D eigenvalue weighted by atomic mass is 79.9. The predicted molar refractivity (Wildman–Crippen MR) is 67.3 cm³/mol. The van der Waals surface area contributed by atoms with E-state index in [1.54, 1.807) is 0 Å². The fourth-order valence-corrected chi connectivity index (χ4v) is 2.20. The standard InChI is InChI=1S/C12H12BrF3N2/c1-2-18(7-3-6-17)11-5-4-9(8-10(11)13)12(14,15)16/h4-5,8H,2-3,7H2,1H3. The Morgan fingerprint density at radius 3 is 2.50 bits per heavy atom. The van der Waals surface area contributed by atoms with Crippen LogP contribution in [-0.4, -0.2) is 13.1 Å². The molecule has 0 aromatic heterocycles. The molecule has 0 unspecified atom stereocenters. The number of halogens is 4. The summed E-state index contributed by atoms with van der Waals surface area (Å²) >= 11 is 3.15. The zero-order chi connectivity index (χ0) is 13.8. The Kier molecular flexibility index (Phi) is 5.03. The molecule has 0 radical (unpaired) electrons.